The molecule has 3 rings (SSSR count). The van der Waals surface area contributed by atoms with E-state index in [1.54, 1.807) is 24.5 Å². The second kappa shape index (κ2) is 7.70. The third kappa shape index (κ3) is 3.97. The normalized spacial score (nSPS) is 15.6. The number of hydrazone groups is 1. The maximum atomic E-state index is 12.0. The summed E-state index contributed by atoms with van der Waals surface area (Å²) in [5.74, 6) is -0.267. The first-order valence-corrected chi connectivity index (χ1v) is 8.00. The van der Waals surface area contributed by atoms with E-state index in [2.05, 4.69) is 38.4 Å². The first kappa shape index (κ1) is 16.1. The van der Waals surface area contributed by atoms with Crippen molar-refractivity contribution in [1.82, 2.24) is 15.3 Å². The van der Waals surface area contributed by atoms with Crippen LogP contribution in [0.5, 0.6) is 0 Å². The number of carbonyl (C=O) groups is 1. The molecule has 1 aliphatic heterocycles. The molecular formula is C18H21N5O. The Morgan fingerprint density at radius 3 is 2.71 bits per heavy atom. The SMILES string of the molecule is CN1CCN(c2ccccc2/C=N/NC(=O)c2cccnc2)CC1. The number of nitrogens with zero attached hydrogens (tertiary/aromatic N) is 4. The van der Waals surface area contributed by atoms with Crippen molar-refractivity contribution in [2.75, 3.05) is 38.1 Å². The largest absolute Gasteiger partial charge is 0.368 e. The maximum Gasteiger partial charge on any atom is 0.272 e. The van der Waals surface area contributed by atoms with Crippen LogP contribution in [0.25, 0.3) is 0 Å². The Labute approximate surface area is 141 Å². The van der Waals surface area contributed by atoms with Gasteiger partial charge in [-0.15, -0.1) is 0 Å². The van der Waals surface area contributed by atoms with Gasteiger partial charge in [0.05, 0.1) is 11.8 Å². The van der Waals surface area contributed by atoms with Crippen LogP contribution in [0.4, 0.5) is 5.69 Å². The first-order chi connectivity index (χ1) is 11.7. The van der Waals surface area contributed by atoms with Crippen LogP contribution in [0.3, 0.4) is 0 Å². The Bertz CT molecular complexity index is 708. The molecule has 1 N–H and O–H groups in total. The second-order valence-corrected chi connectivity index (χ2v) is 5.79. The van der Waals surface area contributed by atoms with E-state index in [9.17, 15) is 4.79 Å². The number of nitrogens with one attached hydrogen (secondary N) is 1. The Kier molecular flexibility index (Phi) is 5.18. The van der Waals surface area contributed by atoms with Gasteiger partial charge in [-0.25, -0.2) is 5.43 Å². The molecule has 1 saturated heterocycles. The van der Waals surface area contributed by atoms with Gasteiger partial charge in [0.1, 0.15) is 0 Å². The van der Waals surface area contributed by atoms with Crippen LogP contribution in [-0.4, -0.2) is 55.2 Å². The molecule has 0 atom stereocenters. The summed E-state index contributed by atoms with van der Waals surface area (Å²) in [5.41, 5.74) is 5.17. The summed E-state index contributed by atoms with van der Waals surface area (Å²) in [6.07, 6.45) is 4.84. The quantitative estimate of drug-likeness (QED) is 0.686. The molecule has 0 radical (unpaired) electrons. The fraction of sp³-hybridized carbons (Fsp3) is 0.278. The molecule has 0 unspecified atom stereocenters. The zero-order valence-electron chi connectivity index (χ0n) is 13.7. The molecule has 6 heteroatoms. The summed E-state index contributed by atoms with van der Waals surface area (Å²) in [4.78, 5) is 20.6. The fourth-order valence-corrected chi connectivity index (χ4v) is 2.65. The molecule has 0 saturated carbocycles. The van der Waals surface area contributed by atoms with E-state index in [1.807, 2.05) is 18.2 Å². The summed E-state index contributed by atoms with van der Waals surface area (Å²) in [6.45, 7) is 4.07. The van der Waals surface area contributed by atoms with E-state index >= 15 is 0 Å². The summed E-state index contributed by atoms with van der Waals surface area (Å²) >= 11 is 0. The van der Waals surface area contributed by atoms with Crippen molar-refractivity contribution in [3.05, 3.63) is 59.9 Å². The number of amides is 1. The summed E-state index contributed by atoms with van der Waals surface area (Å²) < 4.78 is 0. The lowest BCUT2D eigenvalue weighted by Gasteiger charge is -2.34. The number of piperazine rings is 1. The van der Waals surface area contributed by atoms with Crippen LogP contribution in [0.1, 0.15) is 15.9 Å². The summed E-state index contributed by atoms with van der Waals surface area (Å²) in [5, 5.41) is 4.10. The van der Waals surface area contributed by atoms with Crippen molar-refractivity contribution in [2.45, 2.75) is 0 Å². The monoisotopic (exact) mass is 323 g/mol. The zero-order valence-corrected chi connectivity index (χ0v) is 13.7. The Balaban J connectivity index is 1.68. The minimum absolute atomic E-state index is 0.267. The van der Waals surface area contributed by atoms with E-state index in [-0.39, 0.29) is 5.91 Å². The molecule has 124 valence electrons. The van der Waals surface area contributed by atoms with Crippen LogP contribution in [0, 0.1) is 0 Å². The highest BCUT2D eigenvalue weighted by Crippen LogP contribution is 2.20. The van der Waals surface area contributed by atoms with Crippen molar-refractivity contribution in [1.29, 1.82) is 0 Å². The van der Waals surface area contributed by atoms with Crippen LogP contribution < -0.4 is 10.3 Å². The lowest BCUT2D eigenvalue weighted by Crippen LogP contribution is -2.44. The molecule has 1 aliphatic rings. The third-order valence-corrected chi connectivity index (χ3v) is 4.07. The molecule has 24 heavy (non-hydrogen) atoms. The predicted molar refractivity (Wildman–Crippen MR) is 95.4 cm³/mol. The van der Waals surface area contributed by atoms with E-state index in [1.165, 1.54) is 6.20 Å². The smallest absolute Gasteiger partial charge is 0.272 e. The number of anilines is 1. The number of pyridine rings is 1. The number of benzene rings is 1. The minimum atomic E-state index is -0.267. The van der Waals surface area contributed by atoms with Gasteiger partial charge < -0.3 is 9.80 Å². The molecule has 2 heterocycles. The molecule has 1 aromatic heterocycles. The highest BCUT2D eigenvalue weighted by atomic mass is 16.2. The fourth-order valence-electron chi connectivity index (χ4n) is 2.65. The van der Waals surface area contributed by atoms with E-state index in [0.717, 1.165) is 37.4 Å². The van der Waals surface area contributed by atoms with Gasteiger partial charge in [0, 0.05) is 49.8 Å². The summed E-state index contributed by atoms with van der Waals surface area (Å²) in [7, 11) is 2.14. The lowest BCUT2D eigenvalue weighted by molar-refractivity contribution is 0.0955. The number of likely N-dealkylation sites (N-methyl/N-ethyl adjacent to an activating group) is 1. The number of rotatable bonds is 4. The molecule has 1 aromatic carbocycles. The van der Waals surface area contributed by atoms with Gasteiger partial charge in [-0.1, -0.05) is 18.2 Å². The molecule has 0 bridgehead atoms. The van der Waals surface area contributed by atoms with Gasteiger partial charge in [-0.3, -0.25) is 9.78 Å². The van der Waals surface area contributed by atoms with Crippen molar-refractivity contribution >= 4 is 17.8 Å². The first-order valence-electron chi connectivity index (χ1n) is 8.00. The second-order valence-electron chi connectivity index (χ2n) is 5.79. The minimum Gasteiger partial charge on any atom is -0.368 e. The standard InChI is InChI=1S/C18H21N5O/c1-22-9-11-23(12-10-22)17-7-3-2-5-15(17)14-20-21-18(24)16-6-4-8-19-13-16/h2-8,13-14H,9-12H2,1H3,(H,21,24)/b20-14+. The number of para-hydroxylation sites is 1. The Morgan fingerprint density at radius 1 is 1.17 bits per heavy atom. The van der Waals surface area contributed by atoms with Crippen LogP contribution in [-0.2, 0) is 0 Å². The lowest BCUT2D eigenvalue weighted by atomic mass is 10.1. The molecule has 0 spiro atoms. The van der Waals surface area contributed by atoms with Crippen molar-refractivity contribution < 1.29 is 4.79 Å². The molecular weight excluding hydrogens is 302 g/mol. The van der Waals surface area contributed by atoms with Gasteiger partial charge in [-0.05, 0) is 25.2 Å². The van der Waals surface area contributed by atoms with Gasteiger partial charge in [0.2, 0.25) is 0 Å². The maximum absolute atomic E-state index is 12.0. The predicted octanol–water partition coefficient (Wildman–Crippen LogP) is 1.60. The number of aromatic nitrogens is 1. The molecule has 6 nitrogen and oxygen atoms in total. The molecule has 1 amide bonds. The Hall–Kier alpha value is -2.73. The number of hydrogen-bond acceptors (Lipinski definition) is 5. The van der Waals surface area contributed by atoms with E-state index in [0.29, 0.717) is 5.56 Å². The van der Waals surface area contributed by atoms with Crippen LogP contribution in [0.2, 0.25) is 0 Å². The van der Waals surface area contributed by atoms with Gasteiger partial charge in [-0.2, -0.15) is 5.10 Å². The van der Waals surface area contributed by atoms with Crippen LogP contribution >= 0.6 is 0 Å². The average molecular weight is 323 g/mol. The van der Waals surface area contributed by atoms with Gasteiger partial charge in [0.15, 0.2) is 0 Å². The topological polar surface area (TPSA) is 60.8 Å². The summed E-state index contributed by atoms with van der Waals surface area (Å²) in [6, 6.07) is 11.5. The highest BCUT2D eigenvalue weighted by Gasteiger charge is 2.16. The van der Waals surface area contributed by atoms with E-state index in [4.69, 9.17) is 0 Å². The Morgan fingerprint density at radius 2 is 1.96 bits per heavy atom. The van der Waals surface area contributed by atoms with Crippen molar-refractivity contribution in [3.8, 4) is 0 Å². The number of hydrogen-bond donors (Lipinski definition) is 1. The van der Waals surface area contributed by atoms with E-state index < -0.39 is 0 Å². The van der Waals surface area contributed by atoms with Gasteiger partial charge in [0.25, 0.3) is 5.91 Å². The van der Waals surface area contributed by atoms with Crippen LogP contribution in [0.15, 0.2) is 53.9 Å². The average Bonchev–Trinajstić information content (AvgIpc) is 2.63. The number of carbonyl (C=O) groups excluding carboxylic acids is 1. The molecule has 1 fully saturated rings. The van der Waals surface area contributed by atoms with Gasteiger partial charge >= 0.3 is 0 Å². The third-order valence-electron chi connectivity index (χ3n) is 4.07. The van der Waals surface area contributed by atoms with Crippen molar-refractivity contribution in [2.24, 2.45) is 5.10 Å². The van der Waals surface area contributed by atoms with Crippen molar-refractivity contribution in [3.63, 3.8) is 0 Å². The molecule has 0 aliphatic carbocycles. The molecule has 2 aromatic rings. The highest BCUT2D eigenvalue weighted by molar-refractivity contribution is 5.95. The zero-order chi connectivity index (χ0) is 16.8.